The number of aryl methyl sites for hydroxylation is 1. The molecule has 0 atom stereocenters. The Morgan fingerprint density at radius 1 is 1.47 bits per heavy atom. The van der Waals surface area contributed by atoms with Gasteiger partial charge in [-0.2, -0.15) is 0 Å². The monoisotopic (exact) mass is 245 g/mol. The fourth-order valence-electron chi connectivity index (χ4n) is 2.30. The lowest BCUT2D eigenvalue weighted by Crippen LogP contribution is -2.19. The van der Waals surface area contributed by atoms with Gasteiger partial charge in [0.15, 0.2) is 0 Å². The third-order valence-corrected chi connectivity index (χ3v) is 4.03. The van der Waals surface area contributed by atoms with Crippen molar-refractivity contribution in [2.45, 2.75) is 19.9 Å². The number of benzene rings is 1. The summed E-state index contributed by atoms with van der Waals surface area (Å²) in [7, 11) is 0. The van der Waals surface area contributed by atoms with E-state index in [1.165, 1.54) is 16.8 Å². The van der Waals surface area contributed by atoms with Crippen LogP contribution in [0.25, 0.3) is 0 Å². The molecule has 88 valence electrons. The lowest BCUT2D eigenvalue weighted by atomic mass is 10.1. The predicted molar refractivity (Wildman–Crippen MR) is 72.5 cm³/mol. The maximum Gasteiger partial charge on any atom is 0.112 e. The highest BCUT2D eigenvalue weighted by Crippen LogP contribution is 2.33. The Bertz CT molecular complexity index is 534. The van der Waals surface area contributed by atoms with E-state index in [9.17, 15) is 0 Å². The van der Waals surface area contributed by atoms with Gasteiger partial charge in [0, 0.05) is 29.5 Å². The molecule has 1 aliphatic heterocycles. The molecule has 1 aromatic heterocycles. The zero-order valence-corrected chi connectivity index (χ0v) is 10.6. The van der Waals surface area contributed by atoms with Crippen LogP contribution in [0.3, 0.4) is 0 Å². The number of nitrogens with zero attached hydrogens (tertiary/aromatic N) is 2. The van der Waals surface area contributed by atoms with Crippen LogP contribution in [0.1, 0.15) is 16.1 Å². The fourth-order valence-corrected chi connectivity index (χ4v) is 2.93. The smallest absolute Gasteiger partial charge is 0.112 e. The summed E-state index contributed by atoms with van der Waals surface area (Å²) < 4.78 is 0. The van der Waals surface area contributed by atoms with Crippen molar-refractivity contribution in [1.82, 2.24) is 4.98 Å². The van der Waals surface area contributed by atoms with E-state index in [2.05, 4.69) is 28.9 Å². The summed E-state index contributed by atoms with van der Waals surface area (Å²) in [4.78, 5) is 6.70. The molecule has 2 N–H and O–H groups in total. The Morgan fingerprint density at radius 3 is 3.12 bits per heavy atom. The van der Waals surface area contributed by atoms with Gasteiger partial charge in [0.05, 0.1) is 6.54 Å². The second-order valence-corrected chi connectivity index (χ2v) is 5.41. The molecule has 0 unspecified atom stereocenters. The number of hydrogen-bond donors (Lipinski definition) is 1. The molecule has 3 nitrogen and oxygen atoms in total. The van der Waals surface area contributed by atoms with Gasteiger partial charge in [0.1, 0.15) is 5.01 Å². The van der Waals surface area contributed by atoms with Crippen LogP contribution in [0.15, 0.2) is 23.7 Å². The zero-order chi connectivity index (χ0) is 11.8. The highest BCUT2D eigenvalue weighted by Gasteiger charge is 2.20. The lowest BCUT2D eigenvalue weighted by molar-refractivity contribution is 0.830. The van der Waals surface area contributed by atoms with Gasteiger partial charge in [0.2, 0.25) is 0 Å². The van der Waals surface area contributed by atoms with E-state index < -0.39 is 0 Å². The van der Waals surface area contributed by atoms with Crippen LogP contribution in [0.4, 0.5) is 11.4 Å². The van der Waals surface area contributed by atoms with Gasteiger partial charge >= 0.3 is 0 Å². The number of thiazole rings is 1. The number of nitrogens with two attached hydrogens (primary N) is 1. The second-order valence-electron chi connectivity index (χ2n) is 4.43. The number of anilines is 2. The molecule has 0 spiro atoms. The first-order valence-corrected chi connectivity index (χ1v) is 6.64. The average molecular weight is 245 g/mol. The molecule has 0 aliphatic carbocycles. The standard InChI is InChI=1S/C13H15N3S/c1-9-6-10-2-4-16(12(10)7-11(9)14)8-13-15-3-5-17-13/h3,5-7H,2,4,8,14H2,1H3. The molecule has 4 heteroatoms. The molecule has 17 heavy (non-hydrogen) atoms. The van der Waals surface area contributed by atoms with Crippen LogP contribution < -0.4 is 10.6 Å². The molecule has 1 aromatic carbocycles. The number of aromatic nitrogens is 1. The highest BCUT2D eigenvalue weighted by molar-refractivity contribution is 7.09. The molecule has 0 bridgehead atoms. The van der Waals surface area contributed by atoms with Gasteiger partial charge in [-0.05, 0) is 30.5 Å². The van der Waals surface area contributed by atoms with Crippen LogP contribution >= 0.6 is 11.3 Å². The van der Waals surface area contributed by atoms with Crippen LogP contribution in [0.2, 0.25) is 0 Å². The molecule has 0 radical (unpaired) electrons. The zero-order valence-electron chi connectivity index (χ0n) is 9.81. The minimum Gasteiger partial charge on any atom is -0.398 e. The topological polar surface area (TPSA) is 42.1 Å². The molecule has 2 aromatic rings. The molecule has 0 fully saturated rings. The van der Waals surface area contributed by atoms with Crippen molar-refractivity contribution in [2.24, 2.45) is 0 Å². The Balaban J connectivity index is 1.90. The number of hydrogen-bond acceptors (Lipinski definition) is 4. The van der Waals surface area contributed by atoms with Crippen molar-refractivity contribution in [2.75, 3.05) is 17.2 Å². The van der Waals surface area contributed by atoms with Crippen molar-refractivity contribution < 1.29 is 0 Å². The third kappa shape index (κ3) is 1.89. The summed E-state index contributed by atoms with van der Waals surface area (Å²) >= 11 is 1.71. The lowest BCUT2D eigenvalue weighted by Gasteiger charge is -2.18. The van der Waals surface area contributed by atoms with Crippen LogP contribution in [0.5, 0.6) is 0 Å². The van der Waals surface area contributed by atoms with Crippen molar-refractivity contribution in [3.05, 3.63) is 39.8 Å². The van der Waals surface area contributed by atoms with Crippen molar-refractivity contribution in [1.29, 1.82) is 0 Å². The molecule has 3 rings (SSSR count). The number of nitrogen functional groups attached to an aromatic ring is 1. The maximum atomic E-state index is 5.99. The normalized spacial score (nSPS) is 14.1. The first-order valence-electron chi connectivity index (χ1n) is 5.76. The van der Waals surface area contributed by atoms with Gasteiger partial charge in [-0.25, -0.2) is 4.98 Å². The van der Waals surface area contributed by atoms with Crippen LogP contribution in [-0.2, 0) is 13.0 Å². The van der Waals surface area contributed by atoms with Gasteiger partial charge in [0.25, 0.3) is 0 Å². The van der Waals surface area contributed by atoms with E-state index in [0.29, 0.717) is 0 Å². The Kier molecular flexibility index (Phi) is 2.52. The van der Waals surface area contributed by atoms with Gasteiger partial charge in [-0.3, -0.25) is 0 Å². The average Bonchev–Trinajstić information content (AvgIpc) is 2.92. The van der Waals surface area contributed by atoms with Gasteiger partial charge in [-0.15, -0.1) is 11.3 Å². The highest BCUT2D eigenvalue weighted by atomic mass is 32.1. The summed E-state index contributed by atoms with van der Waals surface area (Å²) in [5.74, 6) is 0. The number of rotatable bonds is 2. The minimum atomic E-state index is 0.884. The molecule has 0 amide bonds. The predicted octanol–water partition coefficient (Wildman–Crippen LogP) is 2.60. The Hall–Kier alpha value is -1.55. The fraction of sp³-hybridized carbons (Fsp3) is 0.308. The maximum absolute atomic E-state index is 5.99. The van der Waals surface area contributed by atoms with Gasteiger partial charge < -0.3 is 10.6 Å². The third-order valence-electron chi connectivity index (χ3n) is 3.27. The van der Waals surface area contributed by atoms with E-state index in [4.69, 9.17) is 5.73 Å². The summed E-state index contributed by atoms with van der Waals surface area (Å²) in [6.45, 7) is 4.03. The molecule has 2 heterocycles. The van der Waals surface area contributed by atoms with Crippen molar-refractivity contribution >= 4 is 22.7 Å². The molecule has 1 aliphatic rings. The minimum absolute atomic E-state index is 0.884. The first-order chi connectivity index (χ1) is 8.24. The van der Waals surface area contributed by atoms with Crippen LogP contribution in [-0.4, -0.2) is 11.5 Å². The molecular weight excluding hydrogens is 230 g/mol. The second kappa shape index (κ2) is 4.04. The first kappa shape index (κ1) is 10.6. The van der Waals surface area contributed by atoms with E-state index in [1.54, 1.807) is 11.3 Å². The van der Waals surface area contributed by atoms with E-state index in [1.807, 2.05) is 11.6 Å². The van der Waals surface area contributed by atoms with Crippen molar-refractivity contribution in [3.8, 4) is 0 Å². The number of fused-ring (bicyclic) bond motifs is 1. The summed E-state index contributed by atoms with van der Waals surface area (Å²) in [5, 5.41) is 3.19. The molecule has 0 saturated carbocycles. The van der Waals surface area contributed by atoms with E-state index in [-0.39, 0.29) is 0 Å². The van der Waals surface area contributed by atoms with Crippen molar-refractivity contribution in [3.63, 3.8) is 0 Å². The van der Waals surface area contributed by atoms with Gasteiger partial charge in [-0.1, -0.05) is 6.07 Å². The Morgan fingerprint density at radius 2 is 2.35 bits per heavy atom. The Labute approximate surface area is 105 Å². The summed E-state index contributed by atoms with van der Waals surface area (Å²) in [6.07, 6.45) is 2.97. The van der Waals surface area contributed by atoms with E-state index in [0.717, 1.165) is 30.2 Å². The SMILES string of the molecule is Cc1cc2c(cc1N)N(Cc1nccs1)CC2. The largest absolute Gasteiger partial charge is 0.398 e. The quantitative estimate of drug-likeness (QED) is 0.827. The van der Waals surface area contributed by atoms with E-state index >= 15 is 0 Å². The summed E-state index contributed by atoms with van der Waals surface area (Å²) in [6, 6.07) is 4.32. The summed E-state index contributed by atoms with van der Waals surface area (Å²) in [5.41, 5.74) is 10.7. The molecule has 0 saturated heterocycles. The van der Waals surface area contributed by atoms with Crippen LogP contribution in [0, 0.1) is 6.92 Å². The molecular formula is C13H15N3S.